The second-order valence-corrected chi connectivity index (χ2v) is 10.7. The first-order valence-corrected chi connectivity index (χ1v) is 11.9. The Labute approximate surface area is 187 Å². The van der Waals surface area contributed by atoms with Crippen LogP contribution >= 0.6 is 0 Å². The lowest BCUT2D eigenvalue weighted by Gasteiger charge is -2.48. The summed E-state index contributed by atoms with van der Waals surface area (Å²) in [6.45, 7) is 10.3. The summed E-state index contributed by atoms with van der Waals surface area (Å²) >= 11 is 0. The highest BCUT2D eigenvalue weighted by molar-refractivity contribution is 5.44. The zero-order chi connectivity index (χ0) is 22.7. The van der Waals surface area contributed by atoms with Gasteiger partial charge in [0, 0.05) is 30.1 Å². The van der Waals surface area contributed by atoms with Crippen LogP contribution < -0.4 is 0 Å². The van der Waals surface area contributed by atoms with Gasteiger partial charge in [-0.3, -0.25) is 4.90 Å². The van der Waals surface area contributed by atoms with Gasteiger partial charge in [0.1, 0.15) is 0 Å². The molecule has 0 amide bonds. The Morgan fingerprint density at radius 3 is 2.44 bits per heavy atom. The number of fused-ring (bicyclic) bond motifs is 1. The summed E-state index contributed by atoms with van der Waals surface area (Å²) in [5, 5.41) is 4.94. The van der Waals surface area contributed by atoms with Crippen molar-refractivity contribution < 1.29 is 17.9 Å². The van der Waals surface area contributed by atoms with Crippen LogP contribution in [0.4, 0.5) is 13.2 Å². The average Bonchev–Trinajstić information content (AvgIpc) is 3.11. The Kier molecular flexibility index (Phi) is 5.52. The van der Waals surface area contributed by atoms with Crippen LogP contribution in [-0.4, -0.2) is 58.0 Å². The van der Waals surface area contributed by atoms with E-state index in [2.05, 4.69) is 24.8 Å². The molecule has 1 aliphatic carbocycles. The highest BCUT2D eigenvalue weighted by Gasteiger charge is 2.43. The number of nitrogens with zero attached hydrogens (tertiary/aromatic N) is 4. The smallest absolute Gasteiger partial charge is 0.378 e. The van der Waals surface area contributed by atoms with Crippen molar-refractivity contribution in [3.63, 3.8) is 0 Å². The Balaban J connectivity index is 1.44. The molecule has 0 spiro atoms. The van der Waals surface area contributed by atoms with E-state index in [4.69, 9.17) is 14.8 Å². The number of rotatable bonds is 3. The van der Waals surface area contributed by atoms with Gasteiger partial charge in [0.05, 0.1) is 36.6 Å². The fraction of sp³-hybridized carbons (Fsp3) is 0.750. The second-order valence-electron chi connectivity index (χ2n) is 10.7. The minimum absolute atomic E-state index is 0.0754. The first-order chi connectivity index (χ1) is 15.1. The van der Waals surface area contributed by atoms with Gasteiger partial charge in [-0.05, 0) is 57.1 Å². The molecule has 176 valence electrons. The van der Waals surface area contributed by atoms with E-state index < -0.39 is 12.1 Å². The van der Waals surface area contributed by atoms with Crippen molar-refractivity contribution in [3.8, 4) is 0 Å². The predicted octanol–water partition coefficient (Wildman–Crippen LogP) is 5.09. The summed E-state index contributed by atoms with van der Waals surface area (Å²) in [6, 6.07) is 4.66. The molecule has 4 heterocycles. The van der Waals surface area contributed by atoms with Crippen LogP contribution in [0.5, 0.6) is 0 Å². The van der Waals surface area contributed by atoms with E-state index in [1.807, 2.05) is 17.5 Å². The lowest BCUT2D eigenvalue weighted by Crippen LogP contribution is -2.55. The number of hydrogen-bond acceptors (Lipinski definition) is 4. The lowest BCUT2D eigenvalue weighted by atomic mass is 9.71. The summed E-state index contributed by atoms with van der Waals surface area (Å²) in [6.07, 6.45) is -1.53. The molecule has 0 radical (unpaired) electrons. The number of aromatic nitrogens is 3. The molecule has 1 unspecified atom stereocenters. The van der Waals surface area contributed by atoms with Gasteiger partial charge in [0.25, 0.3) is 0 Å². The van der Waals surface area contributed by atoms with E-state index in [1.165, 1.54) is 0 Å². The molecule has 5 nitrogen and oxygen atoms in total. The lowest BCUT2D eigenvalue weighted by molar-refractivity contribution is -0.182. The van der Waals surface area contributed by atoms with Gasteiger partial charge < -0.3 is 4.74 Å². The van der Waals surface area contributed by atoms with Crippen molar-refractivity contribution in [3.05, 3.63) is 29.2 Å². The third-order valence-corrected chi connectivity index (χ3v) is 8.11. The molecular weight excluding hydrogens is 417 g/mol. The van der Waals surface area contributed by atoms with Crippen molar-refractivity contribution in [2.45, 2.75) is 76.9 Å². The topological polar surface area (TPSA) is 42.7 Å². The van der Waals surface area contributed by atoms with E-state index in [1.54, 1.807) is 0 Å². The van der Waals surface area contributed by atoms with Gasteiger partial charge in [0.15, 0.2) is 5.65 Å². The minimum atomic E-state index is -4.08. The molecule has 2 aromatic heterocycles. The molecule has 3 aliphatic rings. The molecule has 8 heteroatoms. The zero-order valence-electron chi connectivity index (χ0n) is 19.2. The molecule has 2 saturated heterocycles. The Morgan fingerprint density at radius 1 is 1.09 bits per heavy atom. The van der Waals surface area contributed by atoms with Crippen molar-refractivity contribution in [2.24, 2.45) is 11.3 Å². The predicted molar refractivity (Wildman–Crippen MR) is 116 cm³/mol. The molecular formula is C24H33F3N4O. The van der Waals surface area contributed by atoms with Crippen LogP contribution in [0.15, 0.2) is 12.1 Å². The Bertz CT molecular complexity index is 974. The van der Waals surface area contributed by atoms with E-state index >= 15 is 0 Å². The van der Waals surface area contributed by atoms with Crippen LogP contribution in [0.1, 0.15) is 74.9 Å². The summed E-state index contributed by atoms with van der Waals surface area (Å²) in [5.41, 5.74) is 3.95. The van der Waals surface area contributed by atoms with E-state index in [9.17, 15) is 13.2 Å². The Hall–Kier alpha value is -1.67. The fourth-order valence-electron chi connectivity index (χ4n) is 5.75. The number of hydrogen-bond donors (Lipinski definition) is 0. The van der Waals surface area contributed by atoms with Gasteiger partial charge in [-0.2, -0.15) is 18.3 Å². The van der Waals surface area contributed by atoms with E-state index in [0.29, 0.717) is 24.8 Å². The number of ether oxygens (including phenoxy) is 1. The molecule has 32 heavy (non-hydrogen) atoms. The molecule has 0 N–H and O–H groups in total. The van der Waals surface area contributed by atoms with Crippen LogP contribution in [0.2, 0.25) is 0 Å². The molecule has 5 rings (SSSR count). The van der Waals surface area contributed by atoms with Crippen molar-refractivity contribution in [2.75, 3.05) is 26.3 Å². The van der Waals surface area contributed by atoms with E-state index in [-0.39, 0.29) is 24.2 Å². The van der Waals surface area contributed by atoms with E-state index in [0.717, 1.165) is 55.5 Å². The molecule has 0 aromatic carbocycles. The normalized spacial score (nSPS) is 29.9. The SMILES string of the molecule is Cc1cc(C2CN(C3COC3)CCC2(C)C)n2nc(C3CCC(C(F)(F)F)CC3)cc2n1. The second kappa shape index (κ2) is 7.97. The first kappa shape index (κ1) is 22.1. The maximum Gasteiger partial charge on any atom is 0.391 e. The minimum Gasteiger partial charge on any atom is -0.378 e. The van der Waals surface area contributed by atoms with Crippen molar-refractivity contribution in [1.29, 1.82) is 0 Å². The molecule has 1 atom stereocenters. The standard InChI is InChI=1S/C24H33F3N4O/c1-15-10-21(19-12-30(18-13-32-14-18)9-8-23(19,2)3)31-22(28-15)11-20(29-31)16-4-6-17(7-5-16)24(25,26)27/h10-11,16-19H,4-9,12-14H2,1-3H3. The summed E-state index contributed by atoms with van der Waals surface area (Å²) in [4.78, 5) is 7.26. The third kappa shape index (κ3) is 4.04. The van der Waals surface area contributed by atoms with Crippen LogP contribution in [-0.2, 0) is 4.74 Å². The maximum absolute atomic E-state index is 13.1. The van der Waals surface area contributed by atoms with Gasteiger partial charge in [-0.1, -0.05) is 13.8 Å². The number of aryl methyl sites for hydroxylation is 1. The highest BCUT2D eigenvalue weighted by atomic mass is 19.4. The summed E-state index contributed by atoms with van der Waals surface area (Å²) in [7, 11) is 0. The quantitative estimate of drug-likeness (QED) is 0.654. The number of piperidine rings is 1. The first-order valence-electron chi connectivity index (χ1n) is 11.9. The maximum atomic E-state index is 13.1. The van der Waals surface area contributed by atoms with Gasteiger partial charge in [-0.25, -0.2) is 9.50 Å². The fourth-order valence-corrected chi connectivity index (χ4v) is 5.75. The number of halogens is 3. The largest absolute Gasteiger partial charge is 0.391 e. The molecule has 2 aromatic rings. The monoisotopic (exact) mass is 450 g/mol. The zero-order valence-corrected chi connectivity index (χ0v) is 19.2. The van der Waals surface area contributed by atoms with Crippen LogP contribution in [0.25, 0.3) is 5.65 Å². The van der Waals surface area contributed by atoms with Crippen molar-refractivity contribution >= 4 is 5.65 Å². The third-order valence-electron chi connectivity index (χ3n) is 8.11. The van der Waals surface area contributed by atoms with Gasteiger partial charge in [0.2, 0.25) is 0 Å². The molecule has 3 fully saturated rings. The van der Waals surface area contributed by atoms with Crippen LogP contribution in [0, 0.1) is 18.3 Å². The van der Waals surface area contributed by atoms with Crippen LogP contribution in [0.3, 0.4) is 0 Å². The molecule has 0 bridgehead atoms. The van der Waals surface area contributed by atoms with Crippen molar-refractivity contribution in [1.82, 2.24) is 19.5 Å². The Morgan fingerprint density at radius 2 is 1.81 bits per heavy atom. The highest BCUT2D eigenvalue weighted by Crippen LogP contribution is 2.45. The average molecular weight is 451 g/mol. The van der Waals surface area contributed by atoms with Gasteiger partial charge >= 0.3 is 6.18 Å². The van der Waals surface area contributed by atoms with Gasteiger partial charge in [-0.15, -0.1) is 0 Å². The molecule has 1 saturated carbocycles. The summed E-state index contributed by atoms with van der Waals surface area (Å²) in [5.74, 6) is -0.794. The summed E-state index contributed by atoms with van der Waals surface area (Å²) < 4.78 is 46.7. The molecule has 2 aliphatic heterocycles. The number of alkyl halides is 3. The number of likely N-dealkylation sites (tertiary alicyclic amines) is 1.